The van der Waals surface area contributed by atoms with E-state index in [-0.39, 0.29) is 17.4 Å². The van der Waals surface area contributed by atoms with Crippen LogP contribution >= 0.6 is 23.4 Å². The van der Waals surface area contributed by atoms with Gasteiger partial charge in [-0.25, -0.2) is 8.42 Å². The maximum atomic E-state index is 11.6. The highest BCUT2D eigenvalue weighted by molar-refractivity contribution is 7.98. The van der Waals surface area contributed by atoms with Gasteiger partial charge >= 0.3 is 0 Å². The zero-order valence-corrected chi connectivity index (χ0v) is 16.5. The van der Waals surface area contributed by atoms with Crippen molar-refractivity contribution in [2.24, 2.45) is 13.0 Å². The largest absolute Gasteiger partial charge is 0.496 e. The lowest BCUT2D eigenvalue weighted by molar-refractivity contribution is 0.411. The van der Waals surface area contributed by atoms with Crippen molar-refractivity contribution < 1.29 is 13.2 Å². The summed E-state index contributed by atoms with van der Waals surface area (Å²) in [6.45, 7) is 0. The molecule has 0 saturated carbocycles. The highest BCUT2D eigenvalue weighted by atomic mass is 35.5. The fourth-order valence-corrected chi connectivity index (χ4v) is 5.91. The highest BCUT2D eigenvalue weighted by Gasteiger charge is 2.29. The van der Waals surface area contributed by atoms with Gasteiger partial charge in [0.1, 0.15) is 11.6 Å². The van der Waals surface area contributed by atoms with E-state index in [9.17, 15) is 8.42 Å². The molecular formula is C16H20ClN3O3S2. The van der Waals surface area contributed by atoms with Crippen molar-refractivity contribution >= 4 is 33.2 Å². The number of rotatable bonds is 6. The first kappa shape index (κ1) is 18.5. The van der Waals surface area contributed by atoms with E-state index >= 15 is 0 Å². The van der Waals surface area contributed by atoms with Gasteiger partial charge in [0, 0.05) is 29.8 Å². The van der Waals surface area contributed by atoms with Crippen molar-refractivity contribution in [3.05, 3.63) is 34.6 Å². The van der Waals surface area contributed by atoms with Gasteiger partial charge in [-0.05, 0) is 30.5 Å². The summed E-state index contributed by atoms with van der Waals surface area (Å²) in [5.74, 6) is 2.94. The van der Waals surface area contributed by atoms with E-state index in [1.165, 1.54) is 0 Å². The molecule has 9 heteroatoms. The lowest BCUT2D eigenvalue weighted by Crippen LogP contribution is -2.11. The normalized spacial score (nSPS) is 19.2. The van der Waals surface area contributed by atoms with Crippen LogP contribution in [0.4, 0.5) is 0 Å². The van der Waals surface area contributed by atoms with Crippen LogP contribution in [0.5, 0.6) is 5.75 Å². The first-order valence-electron chi connectivity index (χ1n) is 7.92. The lowest BCUT2D eigenvalue weighted by Gasteiger charge is -2.09. The number of halogens is 1. The summed E-state index contributed by atoms with van der Waals surface area (Å²) in [5, 5.41) is 9.93. The summed E-state index contributed by atoms with van der Waals surface area (Å²) in [6, 6.07) is 5.53. The third-order valence-corrected chi connectivity index (χ3v) is 7.46. The second-order valence-corrected chi connectivity index (χ2v) is 9.78. The molecule has 0 bridgehead atoms. The number of ether oxygens (including phenoxy) is 1. The van der Waals surface area contributed by atoms with Crippen LogP contribution in [0.1, 0.15) is 17.8 Å². The Balaban J connectivity index is 1.67. The van der Waals surface area contributed by atoms with Crippen LogP contribution in [-0.2, 0) is 29.1 Å². The van der Waals surface area contributed by atoms with Crippen LogP contribution in [-0.4, -0.2) is 41.8 Å². The van der Waals surface area contributed by atoms with Crippen molar-refractivity contribution in [3.63, 3.8) is 0 Å². The molecule has 3 rings (SSSR count). The van der Waals surface area contributed by atoms with Crippen LogP contribution in [0.15, 0.2) is 23.4 Å². The average molecular weight is 402 g/mol. The van der Waals surface area contributed by atoms with Crippen LogP contribution in [0.25, 0.3) is 0 Å². The smallest absolute Gasteiger partial charge is 0.191 e. The van der Waals surface area contributed by atoms with Crippen LogP contribution in [0.2, 0.25) is 5.02 Å². The standard InChI is InChI=1S/C16H20ClN3O3S2/c1-20-15(7-11-5-6-25(21,22)10-11)18-19-16(20)24-9-12-8-13(17)3-4-14(12)23-2/h3-4,8,11H,5-7,9-10H2,1-2H3/t11-/m0/s1. The minimum absolute atomic E-state index is 0.138. The van der Waals surface area contributed by atoms with Crippen LogP contribution in [0.3, 0.4) is 0 Å². The molecule has 0 radical (unpaired) electrons. The molecule has 0 aliphatic carbocycles. The third-order valence-electron chi connectivity index (χ3n) is 4.32. The molecule has 1 aliphatic rings. The number of methoxy groups -OCH3 is 1. The van der Waals surface area contributed by atoms with Crippen molar-refractivity contribution in [2.45, 2.75) is 23.8 Å². The van der Waals surface area contributed by atoms with Gasteiger partial charge in [-0.3, -0.25) is 0 Å². The molecule has 0 unspecified atom stereocenters. The molecule has 1 atom stereocenters. The monoisotopic (exact) mass is 401 g/mol. The van der Waals surface area contributed by atoms with Gasteiger partial charge in [0.05, 0.1) is 18.6 Å². The van der Waals surface area contributed by atoms with E-state index in [1.807, 2.05) is 23.7 Å². The second-order valence-electron chi connectivity index (χ2n) is 6.18. The molecule has 1 aromatic heterocycles. The highest BCUT2D eigenvalue weighted by Crippen LogP contribution is 2.30. The predicted octanol–water partition coefficient (Wildman–Crippen LogP) is 2.75. The SMILES string of the molecule is COc1ccc(Cl)cc1CSc1nnc(C[C@@H]2CCS(=O)(=O)C2)n1C. The van der Waals surface area contributed by atoms with E-state index in [0.29, 0.717) is 23.6 Å². The fourth-order valence-electron chi connectivity index (χ4n) is 2.94. The van der Waals surface area contributed by atoms with Crippen molar-refractivity contribution in [1.82, 2.24) is 14.8 Å². The molecular weight excluding hydrogens is 382 g/mol. The van der Waals surface area contributed by atoms with Crippen molar-refractivity contribution in [3.8, 4) is 5.75 Å². The number of sulfone groups is 1. The summed E-state index contributed by atoms with van der Waals surface area (Å²) in [5.41, 5.74) is 0.992. The van der Waals surface area contributed by atoms with Gasteiger partial charge in [-0.15, -0.1) is 10.2 Å². The first-order chi connectivity index (χ1) is 11.9. The van der Waals surface area contributed by atoms with Gasteiger partial charge in [-0.1, -0.05) is 23.4 Å². The molecule has 6 nitrogen and oxygen atoms in total. The van der Waals surface area contributed by atoms with Gasteiger partial charge in [0.15, 0.2) is 15.0 Å². The minimum atomic E-state index is -2.87. The molecule has 0 N–H and O–H groups in total. The Hall–Kier alpha value is -1.25. The summed E-state index contributed by atoms with van der Waals surface area (Å²) in [6.07, 6.45) is 1.35. The Morgan fingerprint density at radius 3 is 2.88 bits per heavy atom. The van der Waals surface area contributed by atoms with Gasteiger partial charge in [-0.2, -0.15) is 0 Å². The van der Waals surface area contributed by atoms with E-state index in [0.717, 1.165) is 22.3 Å². The summed E-state index contributed by atoms with van der Waals surface area (Å²) < 4.78 is 30.5. The average Bonchev–Trinajstić information content (AvgIpc) is 3.08. The van der Waals surface area contributed by atoms with E-state index in [4.69, 9.17) is 16.3 Å². The van der Waals surface area contributed by atoms with E-state index in [1.54, 1.807) is 24.9 Å². The number of aromatic nitrogens is 3. The number of benzene rings is 1. The molecule has 0 spiro atoms. The molecule has 1 aromatic carbocycles. The molecule has 1 saturated heterocycles. The molecule has 1 fully saturated rings. The molecule has 25 heavy (non-hydrogen) atoms. The van der Waals surface area contributed by atoms with E-state index < -0.39 is 9.84 Å². The quantitative estimate of drug-likeness (QED) is 0.693. The molecule has 1 aliphatic heterocycles. The Bertz CT molecular complexity index is 868. The van der Waals surface area contributed by atoms with Crippen molar-refractivity contribution in [2.75, 3.05) is 18.6 Å². The minimum Gasteiger partial charge on any atom is -0.496 e. The lowest BCUT2D eigenvalue weighted by atomic mass is 10.1. The number of nitrogens with zero attached hydrogens (tertiary/aromatic N) is 3. The summed E-state index contributed by atoms with van der Waals surface area (Å²) >= 11 is 7.61. The number of hydrogen-bond acceptors (Lipinski definition) is 6. The van der Waals surface area contributed by atoms with Crippen LogP contribution < -0.4 is 4.74 Å². The van der Waals surface area contributed by atoms with Gasteiger partial charge < -0.3 is 9.30 Å². The number of hydrogen-bond donors (Lipinski definition) is 0. The Morgan fingerprint density at radius 2 is 2.20 bits per heavy atom. The first-order valence-corrected chi connectivity index (χ1v) is 11.1. The van der Waals surface area contributed by atoms with Gasteiger partial charge in [0.2, 0.25) is 0 Å². The summed E-state index contributed by atoms with van der Waals surface area (Å²) in [4.78, 5) is 0. The number of thioether (sulfide) groups is 1. The molecule has 136 valence electrons. The molecule has 2 heterocycles. The zero-order valence-electron chi connectivity index (χ0n) is 14.1. The zero-order chi connectivity index (χ0) is 18.0. The predicted molar refractivity (Wildman–Crippen MR) is 99.0 cm³/mol. The Morgan fingerprint density at radius 1 is 1.40 bits per heavy atom. The molecule has 0 amide bonds. The van der Waals surface area contributed by atoms with Gasteiger partial charge in [0.25, 0.3) is 0 Å². The van der Waals surface area contributed by atoms with E-state index in [2.05, 4.69) is 10.2 Å². The Kier molecular flexibility index (Phi) is 5.60. The second kappa shape index (κ2) is 7.55. The van der Waals surface area contributed by atoms with Crippen molar-refractivity contribution in [1.29, 1.82) is 0 Å². The maximum absolute atomic E-state index is 11.6. The maximum Gasteiger partial charge on any atom is 0.191 e. The Labute approximate surface area is 156 Å². The fraction of sp³-hybridized carbons (Fsp3) is 0.500. The molecule has 2 aromatic rings. The summed E-state index contributed by atoms with van der Waals surface area (Å²) in [7, 11) is 0.677. The van der Waals surface area contributed by atoms with Crippen LogP contribution in [0, 0.1) is 5.92 Å². The topological polar surface area (TPSA) is 74.1 Å². The third kappa shape index (κ3) is 4.48.